The van der Waals surface area contributed by atoms with Gasteiger partial charge in [-0.2, -0.15) is 0 Å². The first-order valence-corrected chi connectivity index (χ1v) is 8.03. The molecule has 1 aromatic rings. The molecular formula is C18H29NO. The lowest BCUT2D eigenvalue weighted by molar-refractivity contribution is 0.0626. The molecule has 5 atom stereocenters. The number of nitrogens with two attached hydrogens (primary N) is 1. The quantitative estimate of drug-likeness (QED) is 0.887. The highest BCUT2D eigenvalue weighted by Gasteiger charge is 2.33. The van der Waals surface area contributed by atoms with Gasteiger partial charge in [0.05, 0.1) is 0 Å². The summed E-state index contributed by atoms with van der Waals surface area (Å²) in [5.41, 5.74) is 7.67. The van der Waals surface area contributed by atoms with Crippen LogP contribution in [0, 0.1) is 11.8 Å². The van der Waals surface area contributed by atoms with Gasteiger partial charge in [-0.1, -0.05) is 39.8 Å². The van der Waals surface area contributed by atoms with E-state index in [0.717, 1.165) is 12.2 Å². The van der Waals surface area contributed by atoms with E-state index >= 15 is 0 Å². The average Bonchev–Trinajstić information content (AvgIpc) is 2.42. The molecule has 2 rings (SSSR count). The molecule has 0 bridgehead atoms. The Labute approximate surface area is 123 Å². The zero-order chi connectivity index (χ0) is 14.7. The normalized spacial score (nSPS) is 31.9. The summed E-state index contributed by atoms with van der Waals surface area (Å²) < 4.78 is 6.17. The summed E-state index contributed by atoms with van der Waals surface area (Å²) >= 11 is 0. The summed E-state index contributed by atoms with van der Waals surface area (Å²) in [6.07, 6.45) is 3.60. The van der Waals surface area contributed by atoms with Crippen LogP contribution in [-0.2, 0) is 0 Å². The van der Waals surface area contributed by atoms with Gasteiger partial charge in [-0.3, -0.25) is 0 Å². The Kier molecular flexibility index (Phi) is 5.09. The summed E-state index contributed by atoms with van der Waals surface area (Å²) in [6.45, 7) is 9.02. The molecule has 2 N–H and O–H groups in total. The van der Waals surface area contributed by atoms with Crippen molar-refractivity contribution in [1.29, 1.82) is 0 Å². The molecule has 0 spiro atoms. The maximum absolute atomic E-state index is 6.28. The Balaban J connectivity index is 2.02. The smallest absolute Gasteiger partial charge is 0.119 e. The SMILES string of the molecule is CCC(C)c1ccc(OC2C(C)CC(C)CC2N)cc1. The number of benzene rings is 1. The van der Waals surface area contributed by atoms with Gasteiger partial charge < -0.3 is 10.5 Å². The van der Waals surface area contributed by atoms with E-state index in [0.29, 0.717) is 17.8 Å². The summed E-state index contributed by atoms with van der Waals surface area (Å²) in [4.78, 5) is 0. The lowest BCUT2D eigenvalue weighted by atomic mass is 9.78. The van der Waals surface area contributed by atoms with Gasteiger partial charge in [0.15, 0.2) is 0 Å². The molecule has 5 unspecified atom stereocenters. The van der Waals surface area contributed by atoms with Crippen LogP contribution in [0.15, 0.2) is 24.3 Å². The predicted octanol–water partition coefficient (Wildman–Crippen LogP) is 4.34. The van der Waals surface area contributed by atoms with E-state index in [1.54, 1.807) is 0 Å². The van der Waals surface area contributed by atoms with Gasteiger partial charge in [0, 0.05) is 6.04 Å². The van der Waals surface area contributed by atoms with Crippen LogP contribution in [-0.4, -0.2) is 12.1 Å². The van der Waals surface area contributed by atoms with Crippen LogP contribution >= 0.6 is 0 Å². The second-order valence-electron chi connectivity index (χ2n) is 6.68. The van der Waals surface area contributed by atoms with E-state index < -0.39 is 0 Å². The zero-order valence-corrected chi connectivity index (χ0v) is 13.3. The summed E-state index contributed by atoms with van der Waals surface area (Å²) in [6, 6.07) is 8.72. The van der Waals surface area contributed by atoms with Crippen molar-refractivity contribution < 1.29 is 4.74 Å². The minimum atomic E-state index is 0.153. The molecule has 112 valence electrons. The minimum absolute atomic E-state index is 0.153. The molecule has 0 saturated heterocycles. The molecule has 1 saturated carbocycles. The Morgan fingerprint density at radius 3 is 2.40 bits per heavy atom. The zero-order valence-electron chi connectivity index (χ0n) is 13.3. The van der Waals surface area contributed by atoms with Crippen molar-refractivity contribution in [3.63, 3.8) is 0 Å². The Morgan fingerprint density at radius 2 is 1.85 bits per heavy atom. The first-order chi connectivity index (χ1) is 9.51. The van der Waals surface area contributed by atoms with Crippen molar-refractivity contribution in [1.82, 2.24) is 0 Å². The molecule has 0 heterocycles. The third-order valence-electron chi connectivity index (χ3n) is 4.77. The monoisotopic (exact) mass is 275 g/mol. The highest BCUT2D eigenvalue weighted by molar-refractivity contribution is 5.29. The number of hydrogen-bond acceptors (Lipinski definition) is 2. The predicted molar refractivity (Wildman–Crippen MR) is 85.1 cm³/mol. The second kappa shape index (κ2) is 6.62. The van der Waals surface area contributed by atoms with Gasteiger partial charge in [-0.05, 0) is 54.7 Å². The van der Waals surface area contributed by atoms with E-state index in [-0.39, 0.29) is 12.1 Å². The van der Waals surface area contributed by atoms with Crippen LogP contribution < -0.4 is 10.5 Å². The fraction of sp³-hybridized carbons (Fsp3) is 0.667. The molecule has 1 aromatic carbocycles. The van der Waals surface area contributed by atoms with Crippen LogP contribution in [0.4, 0.5) is 0 Å². The van der Waals surface area contributed by atoms with Crippen molar-refractivity contribution >= 4 is 0 Å². The third-order valence-corrected chi connectivity index (χ3v) is 4.77. The van der Waals surface area contributed by atoms with E-state index in [4.69, 9.17) is 10.5 Å². The van der Waals surface area contributed by atoms with Crippen LogP contribution in [0.25, 0.3) is 0 Å². The third kappa shape index (κ3) is 3.54. The van der Waals surface area contributed by atoms with Crippen molar-refractivity contribution in [2.45, 2.75) is 65.0 Å². The average molecular weight is 275 g/mol. The van der Waals surface area contributed by atoms with Crippen molar-refractivity contribution in [3.05, 3.63) is 29.8 Å². The van der Waals surface area contributed by atoms with E-state index in [2.05, 4.69) is 52.0 Å². The molecule has 0 radical (unpaired) electrons. The van der Waals surface area contributed by atoms with Gasteiger partial charge in [-0.15, -0.1) is 0 Å². The Morgan fingerprint density at radius 1 is 1.20 bits per heavy atom. The molecule has 0 aromatic heterocycles. The number of ether oxygens (including phenoxy) is 1. The van der Waals surface area contributed by atoms with Crippen LogP contribution in [0.1, 0.15) is 58.4 Å². The van der Waals surface area contributed by atoms with E-state index in [1.807, 2.05) is 0 Å². The first-order valence-electron chi connectivity index (χ1n) is 8.03. The maximum Gasteiger partial charge on any atom is 0.119 e. The van der Waals surface area contributed by atoms with Crippen LogP contribution in [0.2, 0.25) is 0 Å². The summed E-state index contributed by atoms with van der Waals surface area (Å²) in [7, 11) is 0. The highest BCUT2D eigenvalue weighted by atomic mass is 16.5. The maximum atomic E-state index is 6.28. The topological polar surface area (TPSA) is 35.2 Å². The molecule has 2 heteroatoms. The van der Waals surface area contributed by atoms with Gasteiger partial charge in [0.1, 0.15) is 11.9 Å². The molecule has 1 aliphatic rings. The van der Waals surface area contributed by atoms with Crippen molar-refractivity contribution in [3.8, 4) is 5.75 Å². The fourth-order valence-corrected chi connectivity index (χ4v) is 3.36. The second-order valence-corrected chi connectivity index (χ2v) is 6.68. The molecule has 1 fully saturated rings. The molecule has 2 nitrogen and oxygen atoms in total. The van der Waals surface area contributed by atoms with E-state index in [1.165, 1.54) is 18.4 Å². The molecular weight excluding hydrogens is 246 g/mol. The largest absolute Gasteiger partial charge is 0.489 e. The minimum Gasteiger partial charge on any atom is -0.489 e. The molecule has 1 aliphatic carbocycles. The Hall–Kier alpha value is -1.02. The highest BCUT2D eigenvalue weighted by Crippen LogP contribution is 2.31. The molecule has 0 aliphatic heterocycles. The standard InChI is InChI=1S/C18H29NO/c1-5-13(3)15-6-8-16(9-7-15)20-18-14(4)10-12(2)11-17(18)19/h6-9,12-14,17-18H,5,10-11,19H2,1-4H3. The van der Waals surface area contributed by atoms with E-state index in [9.17, 15) is 0 Å². The van der Waals surface area contributed by atoms with Crippen molar-refractivity contribution in [2.75, 3.05) is 0 Å². The summed E-state index contributed by atoms with van der Waals surface area (Å²) in [5, 5.41) is 0. The summed E-state index contributed by atoms with van der Waals surface area (Å²) in [5.74, 6) is 2.82. The fourth-order valence-electron chi connectivity index (χ4n) is 3.36. The van der Waals surface area contributed by atoms with Gasteiger partial charge in [0.2, 0.25) is 0 Å². The Bertz CT molecular complexity index is 402. The van der Waals surface area contributed by atoms with Crippen LogP contribution in [0.5, 0.6) is 5.75 Å². The van der Waals surface area contributed by atoms with Gasteiger partial charge in [-0.25, -0.2) is 0 Å². The lowest BCUT2D eigenvalue weighted by Crippen LogP contribution is -2.48. The van der Waals surface area contributed by atoms with Crippen LogP contribution in [0.3, 0.4) is 0 Å². The number of hydrogen-bond donors (Lipinski definition) is 1. The van der Waals surface area contributed by atoms with Crippen molar-refractivity contribution in [2.24, 2.45) is 17.6 Å². The number of rotatable bonds is 4. The first kappa shape index (κ1) is 15.4. The molecule has 20 heavy (non-hydrogen) atoms. The van der Waals surface area contributed by atoms with Gasteiger partial charge >= 0.3 is 0 Å². The molecule has 0 amide bonds. The lowest BCUT2D eigenvalue weighted by Gasteiger charge is -2.37. The van der Waals surface area contributed by atoms with Gasteiger partial charge in [0.25, 0.3) is 0 Å².